The minimum Gasteiger partial charge on any atom is -0.378 e. The molecular weight excluding hydrogens is 344 g/mol. The number of ether oxygens (including phenoxy) is 1. The van der Waals surface area contributed by atoms with E-state index in [2.05, 4.69) is 26.1 Å². The molecule has 2 aromatic carbocycles. The van der Waals surface area contributed by atoms with Gasteiger partial charge in [0.05, 0.1) is 13.2 Å². The number of hydrogen-bond donors (Lipinski definition) is 1. The van der Waals surface area contributed by atoms with Gasteiger partial charge in [0, 0.05) is 34.5 Å². The number of carbonyl (C=O) groups excluding carboxylic acids is 1. The zero-order chi connectivity index (χ0) is 15.4. The van der Waals surface area contributed by atoms with E-state index < -0.39 is 0 Å². The molecule has 1 aliphatic rings. The van der Waals surface area contributed by atoms with Crippen molar-refractivity contribution in [1.29, 1.82) is 0 Å². The lowest BCUT2D eigenvalue weighted by Gasteiger charge is -2.28. The predicted molar refractivity (Wildman–Crippen MR) is 91.6 cm³/mol. The number of anilines is 2. The molecule has 0 radical (unpaired) electrons. The van der Waals surface area contributed by atoms with E-state index in [1.807, 2.05) is 36.4 Å². The lowest BCUT2D eigenvalue weighted by atomic mass is 10.2. The highest BCUT2D eigenvalue weighted by molar-refractivity contribution is 9.10. The van der Waals surface area contributed by atoms with Gasteiger partial charge < -0.3 is 15.0 Å². The van der Waals surface area contributed by atoms with Gasteiger partial charge in [0.1, 0.15) is 0 Å². The normalized spacial score (nSPS) is 14.7. The van der Waals surface area contributed by atoms with Crippen molar-refractivity contribution < 1.29 is 9.53 Å². The van der Waals surface area contributed by atoms with Crippen LogP contribution >= 0.6 is 15.9 Å². The first kappa shape index (κ1) is 15.1. The lowest BCUT2D eigenvalue weighted by molar-refractivity contribution is 0.102. The molecule has 0 atom stereocenters. The number of nitrogens with one attached hydrogen (secondary N) is 1. The molecule has 1 amide bonds. The first-order valence-corrected chi connectivity index (χ1v) is 8.01. The Bertz CT molecular complexity index is 635. The van der Waals surface area contributed by atoms with Crippen molar-refractivity contribution in [3.63, 3.8) is 0 Å². The Kier molecular flexibility index (Phi) is 4.75. The van der Waals surface area contributed by atoms with Crippen LogP contribution in [0.1, 0.15) is 10.4 Å². The van der Waals surface area contributed by atoms with Crippen LogP contribution in [0.5, 0.6) is 0 Å². The maximum atomic E-state index is 12.2. The van der Waals surface area contributed by atoms with E-state index in [4.69, 9.17) is 4.74 Å². The van der Waals surface area contributed by atoms with Gasteiger partial charge in [-0.05, 0) is 48.5 Å². The van der Waals surface area contributed by atoms with Gasteiger partial charge in [-0.2, -0.15) is 0 Å². The highest BCUT2D eigenvalue weighted by atomic mass is 79.9. The molecule has 1 saturated heterocycles. The SMILES string of the molecule is O=C(Nc1ccc(N2CCOCC2)cc1)c1ccc(Br)cc1. The van der Waals surface area contributed by atoms with Crippen molar-refractivity contribution in [2.75, 3.05) is 36.5 Å². The summed E-state index contributed by atoms with van der Waals surface area (Å²) < 4.78 is 6.31. The Hall–Kier alpha value is -1.85. The zero-order valence-electron chi connectivity index (χ0n) is 12.1. The number of benzene rings is 2. The van der Waals surface area contributed by atoms with E-state index in [9.17, 15) is 4.79 Å². The summed E-state index contributed by atoms with van der Waals surface area (Å²) in [7, 11) is 0. The van der Waals surface area contributed by atoms with Crippen LogP contribution in [0.25, 0.3) is 0 Å². The quantitative estimate of drug-likeness (QED) is 0.909. The maximum Gasteiger partial charge on any atom is 0.255 e. The summed E-state index contributed by atoms with van der Waals surface area (Å²) in [5.41, 5.74) is 2.59. The molecule has 1 N–H and O–H groups in total. The molecule has 1 aliphatic heterocycles. The molecular formula is C17H17BrN2O2. The molecule has 0 spiro atoms. The maximum absolute atomic E-state index is 12.2. The smallest absolute Gasteiger partial charge is 0.255 e. The van der Waals surface area contributed by atoms with E-state index >= 15 is 0 Å². The van der Waals surface area contributed by atoms with Crippen LogP contribution in [0.15, 0.2) is 53.0 Å². The van der Waals surface area contributed by atoms with Gasteiger partial charge in [-0.15, -0.1) is 0 Å². The fourth-order valence-electron chi connectivity index (χ4n) is 2.38. The minimum atomic E-state index is -0.105. The average Bonchev–Trinajstić information content (AvgIpc) is 2.57. The number of hydrogen-bond acceptors (Lipinski definition) is 3. The summed E-state index contributed by atoms with van der Waals surface area (Å²) in [5.74, 6) is -0.105. The highest BCUT2D eigenvalue weighted by Crippen LogP contribution is 2.20. The van der Waals surface area contributed by atoms with Crippen LogP contribution in [0.3, 0.4) is 0 Å². The molecule has 22 heavy (non-hydrogen) atoms. The van der Waals surface area contributed by atoms with Gasteiger partial charge in [-0.1, -0.05) is 15.9 Å². The molecule has 0 bridgehead atoms. The number of amides is 1. The van der Waals surface area contributed by atoms with Crippen LogP contribution < -0.4 is 10.2 Å². The standard InChI is InChI=1S/C17H17BrN2O2/c18-14-3-1-13(2-4-14)17(21)19-15-5-7-16(8-6-15)20-9-11-22-12-10-20/h1-8H,9-12H2,(H,19,21). The van der Waals surface area contributed by atoms with E-state index in [0.29, 0.717) is 5.56 Å². The third kappa shape index (κ3) is 3.67. The minimum absolute atomic E-state index is 0.105. The van der Waals surface area contributed by atoms with Gasteiger partial charge in [0.2, 0.25) is 0 Å². The Balaban J connectivity index is 1.65. The molecule has 0 saturated carbocycles. The highest BCUT2D eigenvalue weighted by Gasteiger charge is 2.11. The zero-order valence-corrected chi connectivity index (χ0v) is 13.7. The Morgan fingerprint density at radius 1 is 1.00 bits per heavy atom. The summed E-state index contributed by atoms with van der Waals surface area (Å²) in [4.78, 5) is 14.4. The van der Waals surface area contributed by atoms with Crippen LogP contribution in [0.2, 0.25) is 0 Å². The molecule has 0 unspecified atom stereocenters. The average molecular weight is 361 g/mol. The summed E-state index contributed by atoms with van der Waals surface area (Å²) in [6.07, 6.45) is 0. The molecule has 0 aromatic heterocycles. The van der Waals surface area contributed by atoms with Gasteiger partial charge >= 0.3 is 0 Å². The van der Waals surface area contributed by atoms with Crippen molar-refractivity contribution in [2.24, 2.45) is 0 Å². The van der Waals surface area contributed by atoms with E-state index in [1.54, 1.807) is 12.1 Å². The number of carbonyl (C=O) groups is 1. The largest absolute Gasteiger partial charge is 0.378 e. The number of halogens is 1. The van der Waals surface area contributed by atoms with Crippen molar-refractivity contribution >= 4 is 33.2 Å². The molecule has 5 heteroatoms. The van der Waals surface area contributed by atoms with Crippen LogP contribution in [-0.4, -0.2) is 32.2 Å². The van der Waals surface area contributed by atoms with Crippen molar-refractivity contribution in [3.05, 3.63) is 58.6 Å². The Morgan fingerprint density at radius 2 is 1.64 bits per heavy atom. The van der Waals surface area contributed by atoms with Crippen LogP contribution in [0.4, 0.5) is 11.4 Å². The van der Waals surface area contributed by atoms with Gasteiger partial charge in [-0.25, -0.2) is 0 Å². The fraction of sp³-hybridized carbons (Fsp3) is 0.235. The van der Waals surface area contributed by atoms with Gasteiger partial charge in [0.15, 0.2) is 0 Å². The summed E-state index contributed by atoms with van der Waals surface area (Å²) in [6.45, 7) is 3.35. The molecule has 1 heterocycles. The molecule has 3 rings (SSSR count). The Labute approximate surface area is 138 Å². The predicted octanol–water partition coefficient (Wildman–Crippen LogP) is 3.54. The molecule has 114 valence electrons. The van der Waals surface area contributed by atoms with E-state index in [0.717, 1.165) is 42.2 Å². The second-order valence-electron chi connectivity index (χ2n) is 5.11. The molecule has 2 aromatic rings. The number of morpholine rings is 1. The first-order valence-electron chi connectivity index (χ1n) is 7.22. The van der Waals surface area contributed by atoms with Gasteiger partial charge in [0.25, 0.3) is 5.91 Å². The van der Waals surface area contributed by atoms with Gasteiger partial charge in [-0.3, -0.25) is 4.79 Å². The molecule has 4 nitrogen and oxygen atoms in total. The van der Waals surface area contributed by atoms with E-state index in [1.165, 1.54) is 0 Å². The first-order chi connectivity index (χ1) is 10.7. The Morgan fingerprint density at radius 3 is 2.27 bits per heavy atom. The lowest BCUT2D eigenvalue weighted by Crippen LogP contribution is -2.36. The summed E-state index contributed by atoms with van der Waals surface area (Å²) >= 11 is 3.36. The molecule has 0 aliphatic carbocycles. The topological polar surface area (TPSA) is 41.6 Å². The number of nitrogens with zero attached hydrogens (tertiary/aromatic N) is 1. The second kappa shape index (κ2) is 6.94. The van der Waals surface area contributed by atoms with E-state index in [-0.39, 0.29) is 5.91 Å². The van der Waals surface area contributed by atoms with Crippen LogP contribution in [-0.2, 0) is 4.74 Å². The second-order valence-corrected chi connectivity index (χ2v) is 6.02. The molecule has 1 fully saturated rings. The van der Waals surface area contributed by atoms with Crippen molar-refractivity contribution in [3.8, 4) is 0 Å². The summed E-state index contributed by atoms with van der Waals surface area (Å²) in [6, 6.07) is 15.2. The third-order valence-corrected chi connectivity index (χ3v) is 4.14. The van der Waals surface area contributed by atoms with Crippen molar-refractivity contribution in [1.82, 2.24) is 0 Å². The third-order valence-electron chi connectivity index (χ3n) is 3.61. The fourth-order valence-corrected chi connectivity index (χ4v) is 2.65. The van der Waals surface area contributed by atoms with Crippen molar-refractivity contribution in [2.45, 2.75) is 0 Å². The monoisotopic (exact) mass is 360 g/mol. The summed E-state index contributed by atoms with van der Waals surface area (Å²) in [5, 5.41) is 2.91. The number of rotatable bonds is 3. The van der Waals surface area contributed by atoms with Crippen LogP contribution in [0, 0.1) is 0 Å².